The molecule has 6 heteroatoms. The van der Waals surface area contributed by atoms with E-state index in [1.807, 2.05) is 11.4 Å². The molecule has 1 aliphatic rings. The van der Waals surface area contributed by atoms with Gasteiger partial charge < -0.3 is 4.90 Å². The van der Waals surface area contributed by atoms with Crippen LogP contribution in [0.25, 0.3) is 22.8 Å². The second-order valence-electron chi connectivity index (χ2n) is 8.37. The third-order valence-electron chi connectivity index (χ3n) is 5.95. The summed E-state index contributed by atoms with van der Waals surface area (Å²) in [6.45, 7) is 11.2. The van der Waals surface area contributed by atoms with Crippen molar-refractivity contribution in [2.24, 2.45) is 0 Å². The first-order valence-corrected chi connectivity index (χ1v) is 10.9. The number of aromatic nitrogens is 4. The second kappa shape index (κ2) is 8.12. The van der Waals surface area contributed by atoms with E-state index in [4.69, 9.17) is 10.1 Å². The molecule has 4 aromatic rings. The van der Waals surface area contributed by atoms with E-state index in [0.717, 1.165) is 66.6 Å². The van der Waals surface area contributed by atoms with Crippen molar-refractivity contribution in [1.82, 2.24) is 24.5 Å². The molecule has 3 aromatic heterocycles. The Bertz CT molecular complexity index is 1250. The van der Waals surface area contributed by atoms with Gasteiger partial charge in [-0.3, -0.25) is 4.90 Å². The molecule has 0 atom stereocenters. The van der Waals surface area contributed by atoms with Crippen molar-refractivity contribution in [3.63, 3.8) is 0 Å². The van der Waals surface area contributed by atoms with Crippen LogP contribution in [0, 0.1) is 20.8 Å². The summed E-state index contributed by atoms with van der Waals surface area (Å²) in [5, 5.41) is 5.89. The highest BCUT2D eigenvalue weighted by atomic mass is 15.4. The van der Waals surface area contributed by atoms with Crippen LogP contribution >= 0.6 is 0 Å². The molecule has 6 nitrogen and oxygen atoms in total. The molecule has 1 aliphatic heterocycles. The van der Waals surface area contributed by atoms with E-state index in [1.165, 1.54) is 11.1 Å². The summed E-state index contributed by atoms with van der Waals surface area (Å²) >= 11 is 0. The minimum absolute atomic E-state index is 0.779. The highest BCUT2D eigenvalue weighted by Crippen LogP contribution is 2.26. The van der Waals surface area contributed by atoms with E-state index in [-0.39, 0.29) is 0 Å². The van der Waals surface area contributed by atoms with Crippen LogP contribution in [0.5, 0.6) is 0 Å². The fraction of sp³-hybridized carbons (Fsp3) is 0.320. The highest BCUT2D eigenvalue weighted by Gasteiger charge is 2.21. The first kappa shape index (κ1) is 19.7. The lowest BCUT2D eigenvalue weighted by Gasteiger charge is -2.35. The average molecular weight is 413 g/mol. The van der Waals surface area contributed by atoms with Crippen LogP contribution in [0.15, 0.2) is 48.5 Å². The summed E-state index contributed by atoms with van der Waals surface area (Å²) in [6.07, 6.45) is 4.46. The van der Waals surface area contributed by atoms with Crippen LogP contribution in [-0.2, 0) is 0 Å². The summed E-state index contributed by atoms with van der Waals surface area (Å²) in [7, 11) is 0. The number of piperazine rings is 1. The Hall–Kier alpha value is -3.25. The molecule has 1 fully saturated rings. The first-order valence-electron chi connectivity index (χ1n) is 10.9. The van der Waals surface area contributed by atoms with Crippen LogP contribution in [0.1, 0.15) is 22.5 Å². The summed E-state index contributed by atoms with van der Waals surface area (Å²) in [5.41, 5.74) is 6.11. The fourth-order valence-electron chi connectivity index (χ4n) is 4.41. The third-order valence-corrected chi connectivity index (χ3v) is 5.95. The van der Waals surface area contributed by atoms with Gasteiger partial charge in [0.05, 0.1) is 5.39 Å². The zero-order valence-electron chi connectivity index (χ0n) is 18.4. The molecule has 31 heavy (non-hydrogen) atoms. The molecule has 158 valence electrons. The third kappa shape index (κ3) is 3.91. The van der Waals surface area contributed by atoms with Gasteiger partial charge in [-0.15, -0.1) is 5.10 Å². The Labute approximate surface area is 182 Å². The summed E-state index contributed by atoms with van der Waals surface area (Å²) in [6, 6.07) is 14.7. The standard InChI is InChI=1S/C25H28N6/c1-18-16-19(2)26-24-23(18)25-27-20(3)17-22(31(25)28-24)30-14-12-29(13-15-30)11-7-10-21-8-5-4-6-9-21/h4-10,16-17H,11-15H2,1-3H3. The maximum atomic E-state index is 4.83. The molecule has 1 aromatic carbocycles. The largest absolute Gasteiger partial charge is 0.354 e. The number of nitrogens with zero attached hydrogens (tertiary/aromatic N) is 6. The Kier molecular flexibility index (Phi) is 5.16. The van der Waals surface area contributed by atoms with E-state index in [1.54, 1.807) is 0 Å². The maximum Gasteiger partial charge on any atom is 0.184 e. The number of pyridine rings is 1. The molecule has 0 amide bonds. The van der Waals surface area contributed by atoms with Crippen LogP contribution < -0.4 is 4.90 Å². The van der Waals surface area contributed by atoms with E-state index >= 15 is 0 Å². The van der Waals surface area contributed by atoms with Gasteiger partial charge in [0, 0.05) is 50.2 Å². The quantitative estimate of drug-likeness (QED) is 0.506. The van der Waals surface area contributed by atoms with E-state index in [0.29, 0.717) is 0 Å². The second-order valence-corrected chi connectivity index (χ2v) is 8.37. The van der Waals surface area contributed by atoms with Gasteiger partial charge >= 0.3 is 0 Å². The predicted molar refractivity (Wildman–Crippen MR) is 127 cm³/mol. The van der Waals surface area contributed by atoms with Crippen molar-refractivity contribution in [2.45, 2.75) is 20.8 Å². The Morgan fingerprint density at radius 2 is 1.65 bits per heavy atom. The van der Waals surface area contributed by atoms with Crippen LogP contribution in [-0.4, -0.2) is 57.2 Å². The molecule has 4 heterocycles. The van der Waals surface area contributed by atoms with Gasteiger partial charge in [-0.1, -0.05) is 42.5 Å². The van der Waals surface area contributed by atoms with Crippen molar-refractivity contribution < 1.29 is 0 Å². The normalized spacial score (nSPS) is 15.5. The van der Waals surface area contributed by atoms with E-state index < -0.39 is 0 Å². The van der Waals surface area contributed by atoms with Crippen molar-refractivity contribution in [2.75, 3.05) is 37.6 Å². The van der Waals surface area contributed by atoms with Crippen LogP contribution in [0.3, 0.4) is 0 Å². The molecule has 0 unspecified atom stereocenters. The van der Waals surface area contributed by atoms with Gasteiger partial charge in [0.1, 0.15) is 5.82 Å². The molecule has 1 saturated heterocycles. The molecule has 0 aliphatic carbocycles. The molecule has 0 radical (unpaired) electrons. The Balaban J connectivity index is 1.36. The van der Waals surface area contributed by atoms with Crippen molar-refractivity contribution in [3.05, 3.63) is 71.1 Å². The van der Waals surface area contributed by atoms with Crippen molar-refractivity contribution >= 4 is 28.6 Å². The van der Waals surface area contributed by atoms with Crippen molar-refractivity contribution in [1.29, 1.82) is 0 Å². The zero-order chi connectivity index (χ0) is 21.4. The number of rotatable bonds is 4. The number of aryl methyl sites for hydroxylation is 3. The Morgan fingerprint density at radius 1 is 0.903 bits per heavy atom. The summed E-state index contributed by atoms with van der Waals surface area (Å²) in [5.74, 6) is 1.11. The molecule has 0 spiro atoms. The minimum Gasteiger partial charge on any atom is -0.354 e. The van der Waals surface area contributed by atoms with Gasteiger partial charge in [-0.2, -0.15) is 4.52 Å². The molecule has 5 rings (SSSR count). The monoisotopic (exact) mass is 412 g/mol. The summed E-state index contributed by atoms with van der Waals surface area (Å²) in [4.78, 5) is 14.4. The van der Waals surface area contributed by atoms with Gasteiger partial charge in [0.2, 0.25) is 0 Å². The van der Waals surface area contributed by atoms with Gasteiger partial charge in [0.15, 0.2) is 11.3 Å². The zero-order valence-corrected chi connectivity index (χ0v) is 18.4. The molecular formula is C25H28N6. The number of hydrogen-bond donors (Lipinski definition) is 0. The topological polar surface area (TPSA) is 49.6 Å². The number of fused-ring (bicyclic) bond motifs is 3. The SMILES string of the molecule is Cc1cc(C)c2c(n1)nn1c(N3CCN(CC=Cc4ccccc4)CC3)cc(C)nc21. The van der Waals surface area contributed by atoms with E-state index in [9.17, 15) is 0 Å². The molecular weight excluding hydrogens is 384 g/mol. The summed E-state index contributed by atoms with van der Waals surface area (Å²) < 4.78 is 1.99. The van der Waals surface area contributed by atoms with Crippen molar-refractivity contribution in [3.8, 4) is 0 Å². The van der Waals surface area contributed by atoms with Gasteiger partial charge in [-0.25, -0.2) is 9.97 Å². The molecule has 0 saturated carbocycles. The van der Waals surface area contributed by atoms with Gasteiger partial charge in [-0.05, 0) is 38.0 Å². The fourth-order valence-corrected chi connectivity index (χ4v) is 4.41. The van der Waals surface area contributed by atoms with Gasteiger partial charge in [0.25, 0.3) is 0 Å². The Morgan fingerprint density at radius 3 is 2.42 bits per heavy atom. The van der Waals surface area contributed by atoms with Crippen LogP contribution in [0.4, 0.5) is 5.82 Å². The smallest absolute Gasteiger partial charge is 0.184 e. The highest BCUT2D eigenvalue weighted by molar-refractivity contribution is 5.93. The first-order chi connectivity index (χ1) is 15.1. The maximum absolute atomic E-state index is 4.83. The predicted octanol–water partition coefficient (Wildman–Crippen LogP) is 4.04. The number of hydrogen-bond acceptors (Lipinski definition) is 5. The van der Waals surface area contributed by atoms with Crippen LogP contribution in [0.2, 0.25) is 0 Å². The number of anilines is 1. The average Bonchev–Trinajstić information content (AvgIpc) is 3.12. The molecule has 0 N–H and O–H groups in total. The lowest BCUT2D eigenvalue weighted by atomic mass is 10.2. The lowest BCUT2D eigenvalue weighted by Crippen LogP contribution is -2.47. The molecule has 0 bridgehead atoms. The van der Waals surface area contributed by atoms with E-state index in [2.05, 4.69) is 83.2 Å². The number of benzene rings is 1. The minimum atomic E-state index is 0.779. The lowest BCUT2D eigenvalue weighted by molar-refractivity contribution is 0.283.